The summed E-state index contributed by atoms with van der Waals surface area (Å²) >= 11 is 0. The summed E-state index contributed by atoms with van der Waals surface area (Å²) in [6, 6.07) is 9.22. The summed E-state index contributed by atoms with van der Waals surface area (Å²) in [4.78, 5) is 16.5. The molecule has 0 fully saturated rings. The fourth-order valence-corrected chi connectivity index (χ4v) is 2.66. The van der Waals surface area contributed by atoms with Crippen LogP contribution in [0.1, 0.15) is 21.5 Å². The number of pyridine rings is 1. The van der Waals surface area contributed by atoms with Crippen LogP contribution >= 0.6 is 0 Å². The third-order valence-electron chi connectivity index (χ3n) is 3.78. The number of anilines is 1. The standard InChI is InChI=1S/C18H10F6N2O/c19-17(20,21)11-6-2-7-12(18(22,23)24)14(11)16(27)26-13-8-1-4-10-5-3-9-25-15(10)13/h1-9H,(H,26,27). The van der Waals surface area contributed by atoms with Gasteiger partial charge in [-0.05, 0) is 24.3 Å². The molecule has 27 heavy (non-hydrogen) atoms. The first-order valence-corrected chi connectivity index (χ1v) is 7.51. The first-order chi connectivity index (χ1) is 12.6. The molecule has 0 saturated carbocycles. The number of benzene rings is 2. The lowest BCUT2D eigenvalue weighted by Gasteiger charge is -2.18. The molecule has 1 aromatic heterocycles. The van der Waals surface area contributed by atoms with Crippen molar-refractivity contribution in [2.75, 3.05) is 5.32 Å². The van der Waals surface area contributed by atoms with E-state index in [1.165, 1.54) is 18.3 Å². The molecule has 9 heteroatoms. The molecule has 140 valence electrons. The Balaban J connectivity index is 2.14. The summed E-state index contributed by atoms with van der Waals surface area (Å²) < 4.78 is 79.3. The van der Waals surface area contributed by atoms with Crippen molar-refractivity contribution in [1.82, 2.24) is 4.98 Å². The zero-order chi connectivity index (χ0) is 19.8. The van der Waals surface area contributed by atoms with E-state index in [-0.39, 0.29) is 11.2 Å². The lowest BCUT2D eigenvalue weighted by molar-refractivity contribution is -0.143. The Morgan fingerprint density at radius 3 is 1.96 bits per heavy atom. The highest BCUT2D eigenvalue weighted by Crippen LogP contribution is 2.39. The number of rotatable bonds is 2. The molecule has 0 bridgehead atoms. The Morgan fingerprint density at radius 2 is 1.37 bits per heavy atom. The van der Waals surface area contributed by atoms with Crippen LogP contribution in [-0.4, -0.2) is 10.9 Å². The normalized spacial score (nSPS) is 12.2. The van der Waals surface area contributed by atoms with E-state index >= 15 is 0 Å². The number of carbonyl (C=O) groups excluding carboxylic acids is 1. The molecule has 3 nitrogen and oxygen atoms in total. The quantitative estimate of drug-likeness (QED) is 0.591. The van der Waals surface area contributed by atoms with Crippen molar-refractivity contribution in [1.29, 1.82) is 0 Å². The highest BCUT2D eigenvalue weighted by atomic mass is 19.4. The van der Waals surface area contributed by atoms with Gasteiger partial charge in [0.2, 0.25) is 0 Å². The first kappa shape index (κ1) is 18.7. The molecule has 1 N–H and O–H groups in total. The number of aromatic nitrogens is 1. The predicted octanol–water partition coefficient (Wildman–Crippen LogP) is 5.52. The second-order valence-electron chi connectivity index (χ2n) is 5.56. The van der Waals surface area contributed by atoms with Crippen LogP contribution in [0.5, 0.6) is 0 Å². The molecule has 0 unspecified atom stereocenters. The Hall–Kier alpha value is -3.10. The first-order valence-electron chi connectivity index (χ1n) is 7.51. The van der Waals surface area contributed by atoms with Crippen LogP contribution in [0.15, 0.2) is 54.7 Å². The Kier molecular flexibility index (Phi) is 4.54. The Labute approximate surface area is 148 Å². The summed E-state index contributed by atoms with van der Waals surface area (Å²) in [5.41, 5.74) is -4.56. The number of nitrogens with one attached hydrogen (secondary N) is 1. The van der Waals surface area contributed by atoms with Crippen molar-refractivity contribution in [2.24, 2.45) is 0 Å². The molecular weight excluding hydrogens is 374 g/mol. The number of alkyl halides is 6. The summed E-state index contributed by atoms with van der Waals surface area (Å²) in [5, 5.41) is 2.69. The fourth-order valence-electron chi connectivity index (χ4n) is 2.66. The molecule has 3 rings (SSSR count). The maximum atomic E-state index is 13.2. The minimum atomic E-state index is -5.13. The van der Waals surface area contributed by atoms with Gasteiger partial charge >= 0.3 is 12.4 Å². The minimum absolute atomic E-state index is 0.00296. The maximum Gasteiger partial charge on any atom is 0.417 e. The lowest BCUT2D eigenvalue weighted by atomic mass is 9.99. The molecule has 1 heterocycles. The van der Waals surface area contributed by atoms with E-state index < -0.39 is 35.0 Å². The van der Waals surface area contributed by atoms with Crippen molar-refractivity contribution >= 4 is 22.5 Å². The molecule has 3 aromatic rings. The summed E-state index contributed by atoms with van der Waals surface area (Å²) in [5.74, 6) is -1.52. The van der Waals surface area contributed by atoms with Gasteiger partial charge in [-0.25, -0.2) is 0 Å². The number of para-hydroxylation sites is 1. The fraction of sp³-hybridized carbons (Fsp3) is 0.111. The minimum Gasteiger partial charge on any atom is -0.320 e. The lowest BCUT2D eigenvalue weighted by Crippen LogP contribution is -2.24. The molecule has 0 aliphatic heterocycles. The number of halogens is 6. The van der Waals surface area contributed by atoms with E-state index in [2.05, 4.69) is 10.3 Å². The highest BCUT2D eigenvalue weighted by molar-refractivity contribution is 6.10. The van der Waals surface area contributed by atoms with Gasteiger partial charge in [0.15, 0.2) is 0 Å². The van der Waals surface area contributed by atoms with Gasteiger partial charge in [0.05, 0.1) is 27.9 Å². The number of nitrogens with zero attached hydrogens (tertiary/aromatic N) is 1. The van der Waals surface area contributed by atoms with Crippen molar-refractivity contribution in [3.8, 4) is 0 Å². The zero-order valence-corrected chi connectivity index (χ0v) is 13.3. The predicted molar refractivity (Wildman–Crippen MR) is 86.1 cm³/mol. The van der Waals surface area contributed by atoms with Crippen LogP contribution < -0.4 is 5.32 Å². The van der Waals surface area contributed by atoms with Crippen LogP contribution in [0.2, 0.25) is 0 Å². The third-order valence-corrected chi connectivity index (χ3v) is 3.78. The third kappa shape index (κ3) is 3.71. The Bertz CT molecular complexity index is 973. The van der Waals surface area contributed by atoms with E-state index in [0.717, 1.165) is 0 Å². The van der Waals surface area contributed by atoms with E-state index in [0.29, 0.717) is 23.6 Å². The van der Waals surface area contributed by atoms with E-state index in [4.69, 9.17) is 0 Å². The Morgan fingerprint density at radius 1 is 0.815 bits per heavy atom. The van der Waals surface area contributed by atoms with E-state index in [1.807, 2.05) is 0 Å². The van der Waals surface area contributed by atoms with Gasteiger partial charge in [-0.1, -0.05) is 24.3 Å². The number of fused-ring (bicyclic) bond motifs is 1. The van der Waals surface area contributed by atoms with Gasteiger partial charge in [0, 0.05) is 11.6 Å². The largest absolute Gasteiger partial charge is 0.417 e. The topological polar surface area (TPSA) is 42.0 Å². The molecular formula is C18H10F6N2O. The highest BCUT2D eigenvalue weighted by Gasteiger charge is 2.42. The zero-order valence-electron chi connectivity index (χ0n) is 13.3. The molecule has 0 atom stereocenters. The second-order valence-corrected chi connectivity index (χ2v) is 5.56. The van der Waals surface area contributed by atoms with Gasteiger partial charge in [0.25, 0.3) is 5.91 Å². The monoisotopic (exact) mass is 384 g/mol. The number of carbonyl (C=O) groups is 1. The molecule has 0 saturated heterocycles. The van der Waals surface area contributed by atoms with Crippen LogP contribution in [0.4, 0.5) is 32.0 Å². The van der Waals surface area contributed by atoms with Gasteiger partial charge in [-0.2, -0.15) is 26.3 Å². The van der Waals surface area contributed by atoms with Crippen molar-refractivity contribution < 1.29 is 31.1 Å². The molecule has 0 aliphatic carbocycles. The molecule has 0 spiro atoms. The second kappa shape index (κ2) is 6.57. The van der Waals surface area contributed by atoms with Gasteiger partial charge in [-0.15, -0.1) is 0 Å². The molecule has 0 radical (unpaired) electrons. The number of hydrogen-bond donors (Lipinski definition) is 1. The van der Waals surface area contributed by atoms with E-state index in [1.54, 1.807) is 18.2 Å². The van der Waals surface area contributed by atoms with Crippen LogP contribution in [0, 0.1) is 0 Å². The van der Waals surface area contributed by atoms with Crippen LogP contribution in [0.25, 0.3) is 10.9 Å². The van der Waals surface area contributed by atoms with Crippen molar-refractivity contribution in [3.63, 3.8) is 0 Å². The van der Waals surface area contributed by atoms with Crippen molar-refractivity contribution in [3.05, 3.63) is 71.4 Å². The van der Waals surface area contributed by atoms with Crippen LogP contribution in [-0.2, 0) is 12.4 Å². The number of hydrogen-bond acceptors (Lipinski definition) is 2. The van der Waals surface area contributed by atoms with Crippen molar-refractivity contribution in [2.45, 2.75) is 12.4 Å². The SMILES string of the molecule is O=C(Nc1cccc2cccnc12)c1c(C(F)(F)F)cccc1C(F)(F)F. The average molecular weight is 384 g/mol. The van der Waals surface area contributed by atoms with Gasteiger partial charge in [-0.3, -0.25) is 9.78 Å². The average Bonchev–Trinajstić information content (AvgIpc) is 2.60. The summed E-state index contributed by atoms with van der Waals surface area (Å²) in [6.45, 7) is 0. The molecule has 2 aromatic carbocycles. The maximum absolute atomic E-state index is 13.2. The molecule has 1 amide bonds. The number of amides is 1. The van der Waals surface area contributed by atoms with Crippen LogP contribution in [0.3, 0.4) is 0 Å². The molecule has 0 aliphatic rings. The van der Waals surface area contributed by atoms with E-state index in [9.17, 15) is 31.1 Å². The summed E-state index contributed by atoms with van der Waals surface area (Å²) in [6.07, 6.45) is -8.88. The van der Waals surface area contributed by atoms with Gasteiger partial charge in [0.1, 0.15) is 0 Å². The summed E-state index contributed by atoms with van der Waals surface area (Å²) in [7, 11) is 0. The smallest absolute Gasteiger partial charge is 0.320 e. The van der Waals surface area contributed by atoms with Gasteiger partial charge < -0.3 is 5.32 Å².